The van der Waals surface area contributed by atoms with Crippen LogP contribution in [0.15, 0.2) is 23.4 Å². The van der Waals surface area contributed by atoms with Crippen LogP contribution in [0.3, 0.4) is 0 Å². The van der Waals surface area contributed by atoms with Crippen LogP contribution in [0.2, 0.25) is 0 Å². The van der Waals surface area contributed by atoms with Crippen LogP contribution in [0, 0.1) is 23.1 Å². The van der Waals surface area contributed by atoms with Crippen LogP contribution in [0.25, 0.3) is 0 Å². The highest BCUT2D eigenvalue weighted by Crippen LogP contribution is 2.17. The molecule has 0 aliphatic carbocycles. The number of pyridine rings is 1. The second kappa shape index (κ2) is 6.59. The van der Waals surface area contributed by atoms with E-state index in [0.29, 0.717) is 0 Å². The van der Waals surface area contributed by atoms with Gasteiger partial charge < -0.3 is 0 Å². The van der Waals surface area contributed by atoms with E-state index in [1.807, 2.05) is 19.9 Å². The van der Waals surface area contributed by atoms with E-state index in [4.69, 9.17) is 5.26 Å². The normalized spacial score (nSPS) is 11.8. The molecule has 0 aromatic carbocycles. The third-order valence-corrected chi connectivity index (χ3v) is 4.19. The molecule has 5 nitrogen and oxygen atoms in total. The average Bonchev–Trinajstić information content (AvgIpc) is 2.34. The molecular formula is C12H16FN3O2S. The van der Waals surface area contributed by atoms with Crippen molar-refractivity contribution in [2.24, 2.45) is 5.92 Å². The number of hydrogen-bond donors (Lipinski definition) is 0. The molecule has 1 rings (SSSR count). The Morgan fingerprint density at radius 2 is 2.16 bits per heavy atom. The molecule has 7 heteroatoms. The lowest BCUT2D eigenvalue weighted by Gasteiger charge is -2.22. The van der Waals surface area contributed by atoms with Crippen molar-refractivity contribution in [2.75, 3.05) is 13.1 Å². The van der Waals surface area contributed by atoms with Crippen molar-refractivity contribution in [3.63, 3.8) is 0 Å². The number of aromatic nitrogens is 1. The molecule has 19 heavy (non-hydrogen) atoms. The van der Waals surface area contributed by atoms with Crippen LogP contribution in [0.1, 0.15) is 20.3 Å². The van der Waals surface area contributed by atoms with Crippen LogP contribution in [0.4, 0.5) is 4.39 Å². The third kappa shape index (κ3) is 4.26. The third-order valence-electron chi connectivity index (χ3n) is 2.36. The number of nitrogens with zero attached hydrogens (tertiary/aromatic N) is 3. The van der Waals surface area contributed by atoms with Crippen LogP contribution in [0.5, 0.6) is 0 Å². The number of rotatable bonds is 6. The van der Waals surface area contributed by atoms with E-state index in [9.17, 15) is 12.8 Å². The Balaban J connectivity index is 3.08. The van der Waals surface area contributed by atoms with Crippen molar-refractivity contribution in [1.29, 1.82) is 5.26 Å². The molecule has 0 bridgehead atoms. The zero-order valence-corrected chi connectivity index (χ0v) is 11.7. The first-order valence-electron chi connectivity index (χ1n) is 5.85. The van der Waals surface area contributed by atoms with Gasteiger partial charge in [0.2, 0.25) is 10.0 Å². The molecular weight excluding hydrogens is 269 g/mol. The van der Waals surface area contributed by atoms with Gasteiger partial charge >= 0.3 is 0 Å². The van der Waals surface area contributed by atoms with Gasteiger partial charge in [-0.1, -0.05) is 13.8 Å². The highest BCUT2D eigenvalue weighted by Gasteiger charge is 2.25. The van der Waals surface area contributed by atoms with Gasteiger partial charge in [-0.3, -0.25) is 4.98 Å². The Labute approximate surface area is 112 Å². The van der Waals surface area contributed by atoms with Gasteiger partial charge in [-0.2, -0.15) is 9.57 Å². The molecule has 1 aromatic rings. The van der Waals surface area contributed by atoms with Crippen molar-refractivity contribution in [1.82, 2.24) is 9.29 Å². The van der Waals surface area contributed by atoms with Crippen molar-refractivity contribution < 1.29 is 12.8 Å². The monoisotopic (exact) mass is 285 g/mol. The standard InChI is InChI=1S/C12H16FN3O2S/c1-10(2)9-16(5-3-4-14)19(17,18)12-6-11(13)7-15-8-12/h6-8,10H,3,5,9H2,1-2H3. The molecule has 0 radical (unpaired) electrons. The van der Waals surface area contributed by atoms with E-state index in [1.165, 1.54) is 4.31 Å². The lowest BCUT2D eigenvalue weighted by atomic mass is 10.2. The molecule has 0 fully saturated rings. The topological polar surface area (TPSA) is 74.1 Å². The summed E-state index contributed by atoms with van der Waals surface area (Å²) in [4.78, 5) is 3.36. The first-order valence-corrected chi connectivity index (χ1v) is 7.29. The summed E-state index contributed by atoms with van der Waals surface area (Å²) in [6.07, 6.45) is 2.15. The van der Waals surface area contributed by atoms with Crippen LogP contribution in [-0.4, -0.2) is 30.8 Å². The van der Waals surface area contributed by atoms with Gasteiger partial charge in [-0.05, 0) is 12.0 Å². The molecule has 0 unspecified atom stereocenters. The Morgan fingerprint density at radius 1 is 1.47 bits per heavy atom. The van der Waals surface area contributed by atoms with Crippen LogP contribution >= 0.6 is 0 Å². The fourth-order valence-corrected chi connectivity index (χ4v) is 3.15. The van der Waals surface area contributed by atoms with E-state index >= 15 is 0 Å². The van der Waals surface area contributed by atoms with Crippen LogP contribution < -0.4 is 0 Å². The predicted octanol–water partition coefficient (Wildman–Crippen LogP) is 1.78. The average molecular weight is 285 g/mol. The Hall–Kier alpha value is -1.52. The van der Waals surface area contributed by atoms with Gasteiger partial charge in [0.1, 0.15) is 10.7 Å². The van der Waals surface area contributed by atoms with E-state index in [-0.39, 0.29) is 30.3 Å². The summed E-state index contributed by atoms with van der Waals surface area (Å²) in [5.74, 6) is -0.596. The quantitative estimate of drug-likeness (QED) is 0.798. The van der Waals surface area contributed by atoms with Gasteiger partial charge in [-0.15, -0.1) is 0 Å². The minimum absolute atomic E-state index is 0.0908. The molecule has 0 amide bonds. The summed E-state index contributed by atoms with van der Waals surface area (Å²) in [5.41, 5.74) is 0. The molecule has 104 valence electrons. The van der Waals surface area contributed by atoms with Gasteiger partial charge in [0.15, 0.2) is 0 Å². The second-order valence-corrected chi connectivity index (χ2v) is 6.44. The predicted molar refractivity (Wildman–Crippen MR) is 68.0 cm³/mol. The lowest BCUT2D eigenvalue weighted by Crippen LogP contribution is -2.35. The highest BCUT2D eigenvalue weighted by atomic mass is 32.2. The zero-order valence-electron chi connectivity index (χ0n) is 10.9. The fraction of sp³-hybridized carbons (Fsp3) is 0.500. The van der Waals surface area contributed by atoms with E-state index in [2.05, 4.69) is 4.98 Å². The summed E-state index contributed by atoms with van der Waals surface area (Å²) < 4.78 is 38.9. The summed E-state index contributed by atoms with van der Waals surface area (Å²) in [6, 6.07) is 2.84. The van der Waals surface area contributed by atoms with Crippen molar-refractivity contribution in [2.45, 2.75) is 25.2 Å². The van der Waals surface area contributed by atoms with Gasteiger partial charge in [-0.25, -0.2) is 12.8 Å². The largest absolute Gasteiger partial charge is 0.260 e. The first kappa shape index (κ1) is 15.5. The van der Waals surface area contributed by atoms with Crippen molar-refractivity contribution in [3.05, 3.63) is 24.3 Å². The highest BCUT2D eigenvalue weighted by molar-refractivity contribution is 7.89. The summed E-state index contributed by atoms with van der Waals surface area (Å²) >= 11 is 0. The zero-order chi connectivity index (χ0) is 14.5. The molecule has 0 atom stereocenters. The molecule has 0 aliphatic rings. The van der Waals surface area contributed by atoms with E-state index in [0.717, 1.165) is 18.5 Å². The Morgan fingerprint density at radius 3 is 2.68 bits per heavy atom. The maximum atomic E-state index is 13.1. The number of hydrogen-bond acceptors (Lipinski definition) is 4. The molecule has 0 saturated heterocycles. The van der Waals surface area contributed by atoms with Gasteiger partial charge in [0.05, 0.1) is 12.3 Å². The number of sulfonamides is 1. The molecule has 1 heterocycles. The summed E-state index contributed by atoms with van der Waals surface area (Å²) in [7, 11) is -3.81. The Kier molecular flexibility index (Phi) is 5.39. The lowest BCUT2D eigenvalue weighted by molar-refractivity contribution is 0.372. The summed E-state index contributed by atoms with van der Waals surface area (Å²) in [6.45, 7) is 4.12. The van der Waals surface area contributed by atoms with Crippen molar-refractivity contribution >= 4 is 10.0 Å². The number of halogens is 1. The smallest absolute Gasteiger partial charge is 0.244 e. The second-order valence-electron chi connectivity index (χ2n) is 4.50. The molecule has 0 saturated carbocycles. The van der Waals surface area contributed by atoms with Gasteiger partial charge in [0.25, 0.3) is 0 Å². The maximum Gasteiger partial charge on any atom is 0.244 e. The number of nitriles is 1. The van der Waals surface area contributed by atoms with E-state index in [1.54, 1.807) is 0 Å². The minimum atomic E-state index is -3.81. The maximum absolute atomic E-state index is 13.1. The van der Waals surface area contributed by atoms with Gasteiger partial charge in [0, 0.05) is 25.7 Å². The molecule has 0 spiro atoms. The molecule has 0 aliphatic heterocycles. The molecule has 0 N–H and O–H groups in total. The fourth-order valence-electron chi connectivity index (χ4n) is 1.57. The SMILES string of the molecule is CC(C)CN(CCC#N)S(=O)(=O)c1cncc(F)c1. The Bertz CT molecular complexity index is 567. The summed E-state index contributed by atoms with van der Waals surface area (Å²) in [5, 5.41) is 8.59. The van der Waals surface area contributed by atoms with Crippen LogP contribution in [-0.2, 0) is 10.0 Å². The first-order chi connectivity index (χ1) is 8.87. The van der Waals surface area contributed by atoms with E-state index < -0.39 is 15.8 Å². The molecule has 1 aromatic heterocycles. The van der Waals surface area contributed by atoms with Crippen molar-refractivity contribution in [3.8, 4) is 6.07 Å². The minimum Gasteiger partial charge on any atom is -0.260 e.